The van der Waals surface area contributed by atoms with Crippen LogP contribution in [0.2, 0.25) is 0 Å². The quantitative estimate of drug-likeness (QED) is 0.279. The second-order valence-electron chi connectivity index (χ2n) is 4.63. The number of carbonyl (C=O) groups excluding carboxylic acids is 1. The molecule has 0 saturated heterocycles. The van der Waals surface area contributed by atoms with Crippen molar-refractivity contribution in [1.29, 1.82) is 0 Å². The van der Waals surface area contributed by atoms with Crippen LogP contribution >= 0.6 is 0 Å². The van der Waals surface area contributed by atoms with Crippen molar-refractivity contribution in [2.75, 3.05) is 0 Å². The van der Waals surface area contributed by atoms with Crippen LogP contribution in [0.15, 0.2) is 54.6 Å². The van der Waals surface area contributed by atoms with E-state index in [-0.39, 0.29) is 12.3 Å². The van der Waals surface area contributed by atoms with Gasteiger partial charge in [-0.05, 0) is 41.5 Å². The maximum Gasteiger partial charge on any atom is 0.269 e. The zero-order valence-electron chi connectivity index (χ0n) is 12.1. The highest BCUT2D eigenvalue weighted by molar-refractivity contribution is 5.91. The SMILES string of the molecule is NNC(=O)/C=C/c1cccc(OCc2ccc([N+](=O)[O-])cc2)c1. The van der Waals surface area contributed by atoms with Crippen LogP contribution in [0.3, 0.4) is 0 Å². The number of non-ortho nitro benzene ring substituents is 1. The summed E-state index contributed by atoms with van der Waals surface area (Å²) in [4.78, 5) is 21.2. The fourth-order valence-electron chi connectivity index (χ4n) is 1.81. The molecule has 0 spiro atoms. The van der Waals surface area contributed by atoms with Gasteiger partial charge < -0.3 is 4.74 Å². The van der Waals surface area contributed by atoms with Crippen molar-refractivity contribution < 1.29 is 14.5 Å². The minimum Gasteiger partial charge on any atom is -0.489 e. The maximum atomic E-state index is 11.1. The molecule has 0 aliphatic heterocycles. The van der Waals surface area contributed by atoms with Crippen LogP contribution in [0.4, 0.5) is 5.69 Å². The summed E-state index contributed by atoms with van der Waals surface area (Å²) in [5, 5.41) is 10.6. The molecule has 0 aliphatic rings. The first-order valence-electron chi connectivity index (χ1n) is 6.73. The minimum absolute atomic E-state index is 0.0408. The molecule has 7 heteroatoms. The molecule has 7 nitrogen and oxygen atoms in total. The van der Waals surface area contributed by atoms with Gasteiger partial charge in [0.2, 0.25) is 0 Å². The molecule has 0 bridgehead atoms. The summed E-state index contributed by atoms with van der Waals surface area (Å²) in [5.74, 6) is 5.21. The number of rotatable bonds is 6. The Morgan fingerprint density at radius 2 is 2.00 bits per heavy atom. The summed E-state index contributed by atoms with van der Waals surface area (Å²) in [6.07, 6.45) is 2.93. The summed E-state index contributed by atoms with van der Waals surface area (Å²) in [7, 11) is 0. The van der Waals surface area contributed by atoms with Gasteiger partial charge in [0.25, 0.3) is 11.6 Å². The van der Waals surface area contributed by atoms with Crippen LogP contribution < -0.4 is 16.0 Å². The summed E-state index contributed by atoms with van der Waals surface area (Å²) in [6, 6.07) is 13.3. The molecule has 0 saturated carbocycles. The zero-order chi connectivity index (χ0) is 16.7. The number of nitro benzene ring substituents is 1. The molecule has 0 aromatic heterocycles. The van der Waals surface area contributed by atoms with Gasteiger partial charge in [0.15, 0.2) is 0 Å². The summed E-state index contributed by atoms with van der Waals surface area (Å²) in [5.41, 5.74) is 3.65. The monoisotopic (exact) mass is 313 g/mol. The van der Waals surface area contributed by atoms with E-state index >= 15 is 0 Å². The van der Waals surface area contributed by atoms with Crippen LogP contribution in [0.5, 0.6) is 5.75 Å². The molecule has 1 amide bonds. The molecular formula is C16H15N3O4. The average molecular weight is 313 g/mol. The summed E-state index contributed by atoms with van der Waals surface area (Å²) in [6.45, 7) is 0.286. The van der Waals surface area contributed by atoms with Crippen LogP contribution in [0, 0.1) is 10.1 Å². The summed E-state index contributed by atoms with van der Waals surface area (Å²) >= 11 is 0. The molecule has 0 unspecified atom stereocenters. The second-order valence-corrected chi connectivity index (χ2v) is 4.63. The third-order valence-corrected chi connectivity index (χ3v) is 2.98. The van der Waals surface area contributed by atoms with E-state index in [0.29, 0.717) is 5.75 Å². The largest absolute Gasteiger partial charge is 0.489 e. The maximum absolute atomic E-state index is 11.1. The number of hydrogen-bond donors (Lipinski definition) is 2. The van der Waals surface area contributed by atoms with Crippen LogP contribution in [-0.2, 0) is 11.4 Å². The van der Waals surface area contributed by atoms with E-state index in [1.165, 1.54) is 18.2 Å². The highest BCUT2D eigenvalue weighted by atomic mass is 16.6. The molecule has 0 aliphatic carbocycles. The number of ether oxygens (including phenoxy) is 1. The molecule has 3 N–H and O–H groups in total. The number of carbonyl (C=O) groups is 1. The van der Waals surface area contributed by atoms with E-state index in [2.05, 4.69) is 0 Å². The van der Waals surface area contributed by atoms with Gasteiger partial charge in [-0.25, -0.2) is 5.84 Å². The average Bonchev–Trinajstić information content (AvgIpc) is 2.58. The standard InChI is InChI=1S/C16H15N3O4/c17-18-16(20)9-6-12-2-1-3-15(10-12)23-11-13-4-7-14(8-5-13)19(21)22/h1-10H,11,17H2,(H,18,20)/b9-6+. The van der Waals surface area contributed by atoms with Crippen molar-refractivity contribution in [1.82, 2.24) is 5.43 Å². The van der Waals surface area contributed by atoms with Gasteiger partial charge in [-0.1, -0.05) is 12.1 Å². The Labute approximate surface area is 132 Å². The van der Waals surface area contributed by atoms with E-state index in [0.717, 1.165) is 11.1 Å². The fraction of sp³-hybridized carbons (Fsp3) is 0.0625. The Bertz CT molecular complexity index is 726. The summed E-state index contributed by atoms with van der Waals surface area (Å²) < 4.78 is 5.64. The molecule has 23 heavy (non-hydrogen) atoms. The van der Waals surface area contributed by atoms with Gasteiger partial charge in [-0.3, -0.25) is 20.3 Å². The van der Waals surface area contributed by atoms with Crippen molar-refractivity contribution in [3.8, 4) is 5.75 Å². The van der Waals surface area contributed by atoms with Gasteiger partial charge in [0, 0.05) is 18.2 Å². The highest BCUT2D eigenvalue weighted by Gasteiger charge is 2.04. The Balaban J connectivity index is 1.99. The van der Waals surface area contributed by atoms with E-state index in [1.807, 2.05) is 11.5 Å². The Morgan fingerprint density at radius 1 is 1.26 bits per heavy atom. The lowest BCUT2D eigenvalue weighted by molar-refractivity contribution is -0.384. The topological polar surface area (TPSA) is 107 Å². The third-order valence-electron chi connectivity index (χ3n) is 2.98. The van der Waals surface area contributed by atoms with E-state index in [1.54, 1.807) is 36.4 Å². The van der Waals surface area contributed by atoms with Crippen LogP contribution in [-0.4, -0.2) is 10.8 Å². The third kappa shape index (κ3) is 4.94. The van der Waals surface area contributed by atoms with E-state index in [4.69, 9.17) is 10.6 Å². The van der Waals surface area contributed by atoms with Crippen molar-refractivity contribution in [2.45, 2.75) is 6.61 Å². The van der Waals surface area contributed by atoms with Crippen LogP contribution in [0.25, 0.3) is 6.08 Å². The molecule has 118 valence electrons. The number of benzene rings is 2. The van der Waals surface area contributed by atoms with Crippen molar-refractivity contribution in [3.63, 3.8) is 0 Å². The van der Waals surface area contributed by atoms with Crippen molar-refractivity contribution >= 4 is 17.7 Å². The number of hydrogen-bond acceptors (Lipinski definition) is 5. The highest BCUT2D eigenvalue weighted by Crippen LogP contribution is 2.17. The second kappa shape index (κ2) is 7.71. The molecular weight excluding hydrogens is 298 g/mol. The molecule has 0 fully saturated rings. The van der Waals surface area contributed by atoms with Gasteiger partial charge >= 0.3 is 0 Å². The number of nitrogens with two attached hydrogens (primary N) is 1. The first kappa shape index (κ1) is 16.2. The fourth-order valence-corrected chi connectivity index (χ4v) is 1.81. The lowest BCUT2D eigenvalue weighted by atomic mass is 10.2. The Morgan fingerprint density at radius 3 is 2.65 bits per heavy atom. The number of nitrogens with one attached hydrogen (secondary N) is 1. The zero-order valence-corrected chi connectivity index (χ0v) is 12.1. The minimum atomic E-state index is -0.446. The molecule has 2 aromatic rings. The Kier molecular flexibility index (Phi) is 5.43. The van der Waals surface area contributed by atoms with E-state index in [9.17, 15) is 14.9 Å². The van der Waals surface area contributed by atoms with Gasteiger partial charge in [0.05, 0.1) is 4.92 Å². The first-order valence-corrected chi connectivity index (χ1v) is 6.73. The number of amides is 1. The molecule has 2 rings (SSSR count). The number of hydrazine groups is 1. The Hall–Kier alpha value is -3.19. The first-order chi connectivity index (χ1) is 11.1. The van der Waals surface area contributed by atoms with E-state index < -0.39 is 10.8 Å². The van der Waals surface area contributed by atoms with Crippen LogP contribution in [0.1, 0.15) is 11.1 Å². The molecule has 0 radical (unpaired) electrons. The number of nitro groups is 1. The smallest absolute Gasteiger partial charge is 0.269 e. The molecule has 0 atom stereocenters. The molecule has 2 aromatic carbocycles. The number of nitrogens with zero attached hydrogens (tertiary/aromatic N) is 1. The van der Waals surface area contributed by atoms with Crippen molar-refractivity contribution in [3.05, 3.63) is 75.8 Å². The lowest BCUT2D eigenvalue weighted by Gasteiger charge is -2.07. The van der Waals surface area contributed by atoms with Gasteiger partial charge in [0.1, 0.15) is 12.4 Å². The van der Waals surface area contributed by atoms with Crippen molar-refractivity contribution in [2.24, 2.45) is 5.84 Å². The predicted molar refractivity (Wildman–Crippen MR) is 85.2 cm³/mol. The van der Waals surface area contributed by atoms with Gasteiger partial charge in [-0.2, -0.15) is 0 Å². The lowest BCUT2D eigenvalue weighted by Crippen LogP contribution is -2.27. The predicted octanol–water partition coefficient (Wildman–Crippen LogP) is 2.18. The normalized spacial score (nSPS) is 10.5. The van der Waals surface area contributed by atoms with Gasteiger partial charge in [-0.15, -0.1) is 0 Å². The molecule has 0 heterocycles.